The number of aromatic nitrogens is 2. The number of hydrogen-bond acceptors (Lipinski definition) is 6. The highest BCUT2D eigenvalue weighted by atomic mass is 32.2. The molecule has 0 amide bonds. The quantitative estimate of drug-likeness (QED) is 0.786. The first-order chi connectivity index (χ1) is 10.3. The van der Waals surface area contributed by atoms with E-state index in [4.69, 9.17) is 14.1 Å². The lowest BCUT2D eigenvalue weighted by Gasteiger charge is -1.95. The number of sulfonamides is 1. The van der Waals surface area contributed by atoms with Crippen LogP contribution in [-0.2, 0) is 10.0 Å². The maximum Gasteiger partial charge on any atom is 0.271 e. The van der Waals surface area contributed by atoms with Crippen LogP contribution in [0.3, 0.4) is 0 Å². The third kappa shape index (κ3) is 2.61. The topological polar surface area (TPSA) is 112 Å². The molecule has 0 aliphatic heterocycles. The second-order valence-electron chi connectivity index (χ2n) is 4.25. The number of benzene rings is 1. The molecule has 1 aromatic carbocycles. The van der Waals surface area contributed by atoms with Crippen molar-refractivity contribution in [1.82, 2.24) is 10.1 Å². The van der Waals surface area contributed by atoms with Crippen molar-refractivity contribution in [1.29, 1.82) is 0 Å². The van der Waals surface area contributed by atoms with Crippen molar-refractivity contribution < 1.29 is 26.1 Å². The minimum absolute atomic E-state index is 0.00672. The lowest BCUT2D eigenvalue weighted by molar-refractivity contribution is 0.429. The van der Waals surface area contributed by atoms with Gasteiger partial charge in [-0.25, -0.2) is 22.3 Å². The maximum absolute atomic E-state index is 13.2. The van der Waals surface area contributed by atoms with Gasteiger partial charge in [0.25, 0.3) is 15.9 Å². The van der Waals surface area contributed by atoms with Crippen LogP contribution >= 0.6 is 0 Å². The number of rotatable bonds is 3. The molecule has 2 heterocycles. The molecular formula is C12H7F2N3O4S. The van der Waals surface area contributed by atoms with Gasteiger partial charge in [-0.1, -0.05) is 5.16 Å². The van der Waals surface area contributed by atoms with Crippen LogP contribution in [0.1, 0.15) is 0 Å². The van der Waals surface area contributed by atoms with Crippen molar-refractivity contribution >= 4 is 10.0 Å². The molecule has 3 rings (SSSR count). The molecule has 3 aromatic rings. The Morgan fingerprint density at radius 3 is 2.50 bits per heavy atom. The molecule has 22 heavy (non-hydrogen) atoms. The third-order valence-electron chi connectivity index (χ3n) is 2.71. The Bertz CT molecular complexity index is 949. The van der Waals surface area contributed by atoms with Gasteiger partial charge in [0, 0.05) is 11.6 Å². The SMILES string of the molecule is NS(=O)(=O)c1cc(-c2nc(-c3ccc(F)c(F)c3)no2)co1. The highest BCUT2D eigenvalue weighted by molar-refractivity contribution is 7.89. The molecule has 0 saturated carbocycles. The van der Waals surface area contributed by atoms with Crippen molar-refractivity contribution in [2.45, 2.75) is 5.09 Å². The molecule has 0 unspecified atom stereocenters. The van der Waals surface area contributed by atoms with Gasteiger partial charge in [0.1, 0.15) is 6.26 Å². The second-order valence-corrected chi connectivity index (χ2v) is 5.74. The molecule has 2 N–H and O–H groups in total. The van der Waals surface area contributed by atoms with Crippen LogP contribution in [0.15, 0.2) is 44.6 Å². The average Bonchev–Trinajstić information content (AvgIpc) is 3.08. The molecule has 0 atom stereocenters. The second kappa shape index (κ2) is 5.00. The summed E-state index contributed by atoms with van der Waals surface area (Å²) in [5, 5.41) is 8.05. The summed E-state index contributed by atoms with van der Waals surface area (Å²) in [5.74, 6) is -2.10. The molecule has 2 aromatic heterocycles. The number of nitrogens with zero attached hydrogens (tertiary/aromatic N) is 2. The standard InChI is InChI=1S/C12H7F2N3O4S/c13-8-2-1-6(3-9(8)14)11-16-12(21-17-11)7-4-10(20-5-7)22(15,18)19/h1-5H,(H2,15,18,19). The predicted octanol–water partition coefficient (Wildman–Crippen LogP) is 1.92. The van der Waals surface area contributed by atoms with Gasteiger partial charge < -0.3 is 8.94 Å². The summed E-state index contributed by atoms with van der Waals surface area (Å²) >= 11 is 0. The van der Waals surface area contributed by atoms with Crippen molar-refractivity contribution in [3.8, 4) is 22.8 Å². The van der Waals surface area contributed by atoms with E-state index < -0.39 is 26.8 Å². The summed E-state index contributed by atoms with van der Waals surface area (Å²) in [6.07, 6.45) is 1.07. The molecule has 0 saturated heterocycles. The Morgan fingerprint density at radius 1 is 1.09 bits per heavy atom. The van der Waals surface area contributed by atoms with Crippen molar-refractivity contribution in [3.05, 3.63) is 42.2 Å². The van der Waals surface area contributed by atoms with Gasteiger partial charge >= 0.3 is 0 Å². The molecule has 0 aliphatic carbocycles. The van der Waals surface area contributed by atoms with E-state index in [1.807, 2.05) is 0 Å². The Balaban J connectivity index is 1.97. The van der Waals surface area contributed by atoms with Crippen LogP contribution in [-0.4, -0.2) is 18.6 Å². The van der Waals surface area contributed by atoms with Gasteiger partial charge in [-0.15, -0.1) is 0 Å². The maximum atomic E-state index is 13.2. The summed E-state index contributed by atoms with van der Waals surface area (Å²) < 4.78 is 58.0. The lowest BCUT2D eigenvalue weighted by atomic mass is 10.2. The summed E-state index contributed by atoms with van der Waals surface area (Å²) in [6.45, 7) is 0. The Labute approximate surface area is 122 Å². The van der Waals surface area contributed by atoms with Crippen LogP contribution in [0.4, 0.5) is 8.78 Å². The van der Waals surface area contributed by atoms with Gasteiger partial charge in [-0.2, -0.15) is 4.98 Å². The number of hydrogen-bond donors (Lipinski definition) is 1. The zero-order valence-electron chi connectivity index (χ0n) is 10.7. The first kappa shape index (κ1) is 14.4. The minimum Gasteiger partial charge on any atom is -0.451 e. The van der Waals surface area contributed by atoms with E-state index in [0.717, 1.165) is 24.5 Å². The minimum atomic E-state index is -3.99. The normalized spacial score (nSPS) is 11.8. The summed E-state index contributed by atoms with van der Waals surface area (Å²) in [4.78, 5) is 3.95. The van der Waals surface area contributed by atoms with E-state index in [1.54, 1.807) is 0 Å². The molecule has 0 bridgehead atoms. The molecule has 7 nitrogen and oxygen atoms in total. The Kier molecular flexibility index (Phi) is 3.26. The predicted molar refractivity (Wildman–Crippen MR) is 68.7 cm³/mol. The van der Waals surface area contributed by atoms with E-state index in [0.29, 0.717) is 0 Å². The Hall–Kier alpha value is -2.59. The van der Waals surface area contributed by atoms with E-state index >= 15 is 0 Å². The van der Waals surface area contributed by atoms with Crippen LogP contribution in [0.5, 0.6) is 0 Å². The first-order valence-electron chi connectivity index (χ1n) is 5.75. The van der Waals surface area contributed by atoms with E-state index in [-0.39, 0.29) is 22.8 Å². The molecule has 0 spiro atoms. The fourth-order valence-corrected chi connectivity index (χ4v) is 2.14. The molecule has 0 aliphatic rings. The van der Waals surface area contributed by atoms with Gasteiger partial charge in [0.2, 0.25) is 10.9 Å². The fourth-order valence-electron chi connectivity index (χ4n) is 1.67. The van der Waals surface area contributed by atoms with Gasteiger partial charge in [-0.05, 0) is 18.2 Å². The number of furan rings is 1. The van der Waals surface area contributed by atoms with Crippen molar-refractivity contribution in [3.63, 3.8) is 0 Å². The third-order valence-corrected chi connectivity index (χ3v) is 3.48. The zero-order valence-corrected chi connectivity index (χ0v) is 11.5. The largest absolute Gasteiger partial charge is 0.451 e. The molecule has 114 valence electrons. The smallest absolute Gasteiger partial charge is 0.271 e. The Morgan fingerprint density at radius 2 is 1.86 bits per heavy atom. The molecule has 0 fully saturated rings. The van der Waals surface area contributed by atoms with Crippen LogP contribution < -0.4 is 5.14 Å². The highest BCUT2D eigenvalue weighted by Gasteiger charge is 2.18. The van der Waals surface area contributed by atoms with E-state index in [2.05, 4.69) is 10.1 Å². The number of halogens is 2. The van der Waals surface area contributed by atoms with Crippen LogP contribution in [0.25, 0.3) is 22.8 Å². The molecule has 10 heteroatoms. The first-order valence-corrected chi connectivity index (χ1v) is 7.30. The van der Waals surface area contributed by atoms with Crippen LogP contribution in [0.2, 0.25) is 0 Å². The molecular weight excluding hydrogens is 320 g/mol. The van der Waals surface area contributed by atoms with E-state index in [9.17, 15) is 17.2 Å². The van der Waals surface area contributed by atoms with Gasteiger partial charge in [0.05, 0.1) is 5.56 Å². The molecule has 0 radical (unpaired) electrons. The summed E-state index contributed by atoms with van der Waals surface area (Å²) in [6, 6.07) is 4.23. The fraction of sp³-hybridized carbons (Fsp3) is 0. The van der Waals surface area contributed by atoms with Crippen molar-refractivity contribution in [2.24, 2.45) is 5.14 Å². The zero-order chi connectivity index (χ0) is 15.9. The summed E-state index contributed by atoms with van der Waals surface area (Å²) in [5.41, 5.74) is 0.384. The number of nitrogens with two attached hydrogens (primary N) is 1. The highest BCUT2D eigenvalue weighted by Crippen LogP contribution is 2.25. The van der Waals surface area contributed by atoms with E-state index in [1.165, 1.54) is 6.07 Å². The lowest BCUT2D eigenvalue weighted by Crippen LogP contribution is -2.10. The van der Waals surface area contributed by atoms with Gasteiger partial charge in [0.15, 0.2) is 11.6 Å². The number of primary sulfonamides is 1. The van der Waals surface area contributed by atoms with Crippen molar-refractivity contribution in [2.75, 3.05) is 0 Å². The van der Waals surface area contributed by atoms with Crippen LogP contribution in [0, 0.1) is 11.6 Å². The average molecular weight is 327 g/mol. The monoisotopic (exact) mass is 327 g/mol. The van der Waals surface area contributed by atoms with Gasteiger partial charge in [-0.3, -0.25) is 0 Å². The summed E-state index contributed by atoms with van der Waals surface area (Å²) in [7, 11) is -3.99.